The van der Waals surface area contributed by atoms with Crippen molar-refractivity contribution in [1.29, 1.82) is 0 Å². The summed E-state index contributed by atoms with van der Waals surface area (Å²) in [6.07, 6.45) is 1.88. The van der Waals surface area contributed by atoms with Crippen molar-refractivity contribution in [1.82, 2.24) is 4.90 Å². The first-order valence-corrected chi connectivity index (χ1v) is 6.40. The highest BCUT2D eigenvalue weighted by Crippen LogP contribution is 2.08. The van der Waals surface area contributed by atoms with Crippen molar-refractivity contribution in [2.24, 2.45) is 5.73 Å². The zero-order valence-corrected chi connectivity index (χ0v) is 11.1. The first-order chi connectivity index (χ1) is 9.10. The molecule has 1 aromatic rings. The number of carbonyl (C=O) groups excluding carboxylic acids is 2. The maximum absolute atomic E-state index is 12.2. The second kappa shape index (κ2) is 7.53. The minimum atomic E-state index is -0.516. The number of primary amides is 1. The summed E-state index contributed by atoms with van der Waals surface area (Å²) in [5.74, 6) is -0.657. The van der Waals surface area contributed by atoms with Crippen LogP contribution in [0.2, 0.25) is 0 Å². The Balaban J connectivity index is 2.80. The van der Waals surface area contributed by atoms with Gasteiger partial charge in [0.1, 0.15) is 0 Å². The van der Waals surface area contributed by atoms with E-state index in [1.807, 2.05) is 6.92 Å². The molecule has 0 unspecified atom stereocenters. The number of nitrogens with two attached hydrogens (primary N) is 1. The van der Waals surface area contributed by atoms with Crippen LogP contribution >= 0.6 is 0 Å². The number of hydrogen-bond donors (Lipinski definition) is 2. The Kier molecular flexibility index (Phi) is 6.02. The summed E-state index contributed by atoms with van der Waals surface area (Å²) in [4.78, 5) is 24.8. The lowest BCUT2D eigenvalue weighted by atomic mass is 10.1. The standard InChI is InChI=1S/C14H20N2O3/c1-2-3-8-16(9-10-17)14(19)12-6-4-11(5-7-12)13(15)18/h4-7,17H,2-3,8-10H2,1H3,(H2,15,18). The van der Waals surface area contributed by atoms with Crippen LogP contribution in [0.4, 0.5) is 0 Å². The largest absolute Gasteiger partial charge is 0.395 e. The lowest BCUT2D eigenvalue weighted by molar-refractivity contribution is 0.0719. The first-order valence-electron chi connectivity index (χ1n) is 6.40. The Bertz CT molecular complexity index is 429. The van der Waals surface area contributed by atoms with E-state index in [2.05, 4.69) is 0 Å². The van der Waals surface area contributed by atoms with Gasteiger partial charge in [0.2, 0.25) is 5.91 Å². The Labute approximate surface area is 113 Å². The van der Waals surface area contributed by atoms with Crippen LogP contribution < -0.4 is 5.73 Å². The van der Waals surface area contributed by atoms with Crippen LogP contribution in [0.3, 0.4) is 0 Å². The second-order valence-corrected chi connectivity index (χ2v) is 4.31. The molecule has 0 aromatic heterocycles. The van der Waals surface area contributed by atoms with Crippen molar-refractivity contribution in [3.63, 3.8) is 0 Å². The molecule has 104 valence electrons. The number of unbranched alkanes of at least 4 members (excludes halogenated alkanes) is 1. The van der Waals surface area contributed by atoms with E-state index in [4.69, 9.17) is 10.8 Å². The van der Waals surface area contributed by atoms with Crippen molar-refractivity contribution in [3.8, 4) is 0 Å². The summed E-state index contributed by atoms with van der Waals surface area (Å²) < 4.78 is 0. The van der Waals surface area contributed by atoms with Crippen LogP contribution in [0.15, 0.2) is 24.3 Å². The molecule has 0 spiro atoms. The van der Waals surface area contributed by atoms with Crippen molar-refractivity contribution in [2.75, 3.05) is 19.7 Å². The van der Waals surface area contributed by atoms with Gasteiger partial charge in [-0.15, -0.1) is 0 Å². The van der Waals surface area contributed by atoms with Gasteiger partial charge in [-0.1, -0.05) is 13.3 Å². The third kappa shape index (κ3) is 4.37. The summed E-state index contributed by atoms with van der Waals surface area (Å²) in [7, 11) is 0. The summed E-state index contributed by atoms with van der Waals surface area (Å²) >= 11 is 0. The fraction of sp³-hybridized carbons (Fsp3) is 0.429. The molecule has 5 heteroatoms. The van der Waals surface area contributed by atoms with Gasteiger partial charge in [0.05, 0.1) is 6.61 Å². The number of aliphatic hydroxyl groups is 1. The smallest absolute Gasteiger partial charge is 0.253 e. The van der Waals surface area contributed by atoms with Crippen LogP contribution in [-0.4, -0.2) is 41.5 Å². The van der Waals surface area contributed by atoms with E-state index in [0.29, 0.717) is 24.2 Å². The van der Waals surface area contributed by atoms with Gasteiger partial charge in [-0.2, -0.15) is 0 Å². The zero-order valence-electron chi connectivity index (χ0n) is 11.1. The van der Waals surface area contributed by atoms with Gasteiger partial charge in [-0.05, 0) is 30.7 Å². The highest BCUT2D eigenvalue weighted by Gasteiger charge is 2.15. The molecule has 0 radical (unpaired) electrons. The van der Waals surface area contributed by atoms with Gasteiger partial charge >= 0.3 is 0 Å². The molecule has 0 aliphatic heterocycles. The molecule has 0 saturated carbocycles. The van der Waals surface area contributed by atoms with Crippen LogP contribution in [0, 0.1) is 0 Å². The van der Waals surface area contributed by atoms with Gasteiger partial charge < -0.3 is 15.7 Å². The predicted molar refractivity (Wildman–Crippen MR) is 72.9 cm³/mol. The molecule has 0 saturated heterocycles. The fourth-order valence-corrected chi connectivity index (χ4v) is 1.74. The van der Waals surface area contributed by atoms with Gasteiger partial charge in [0.15, 0.2) is 0 Å². The van der Waals surface area contributed by atoms with Gasteiger partial charge in [-0.25, -0.2) is 0 Å². The second-order valence-electron chi connectivity index (χ2n) is 4.31. The minimum Gasteiger partial charge on any atom is -0.395 e. The van der Waals surface area contributed by atoms with Crippen LogP contribution in [0.25, 0.3) is 0 Å². The SMILES string of the molecule is CCCCN(CCO)C(=O)c1ccc(C(N)=O)cc1. The van der Waals surface area contributed by atoms with Crippen LogP contribution in [0.1, 0.15) is 40.5 Å². The summed E-state index contributed by atoms with van der Waals surface area (Å²) in [6, 6.07) is 6.23. The Morgan fingerprint density at radius 1 is 1.16 bits per heavy atom. The van der Waals surface area contributed by atoms with Gasteiger partial charge in [0, 0.05) is 24.2 Å². The van der Waals surface area contributed by atoms with E-state index in [1.165, 1.54) is 12.1 Å². The van der Waals surface area contributed by atoms with Crippen LogP contribution in [-0.2, 0) is 0 Å². The molecular weight excluding hydrogens is 244 g/mol. The van der Waals surface area contributed by atoms with Crippen molar-refractivity contribution < 1.29 is 14.7 Å². The van der Waals surface area contributed by atoms with E-state index in [9.17, 15) is 9.59 Å². The summed E-state index contributed by atoms with van der Waals surface area (Å²) in [5, 5.41) is 8.99. The Hall–Kier alpha value is -1.88. The lowest BCUT2D eigenvalue weighted by Gasteiger charge is -2.21. The molecule has 0 aliphatic carbocycles. The molecule has 19 heavy (non-hydrogen) atoms. The Morgan fingerprint density at radius 2 is 1.74 bits per heavy atom. The highest BCUT2D eigenvalue weighted by atomic mass is 16.3. The van der Waals surface area contributed by atoms with Gasteiger partial charge in [-0.3, -0.25) is 9.59 Å². The normalized spacial score (nSPS) is 10.2. The molecule has 0 fully saturated rings. The fourth-order valence-electron chi connectivity index (χ4n) is 1.74. The third-order valence-corrected chi connectivity index (χ3v) is 2.86. The van der Waals surface area contributed by atoms with E-state index < -0.39 is 5.91 Å². The van der Waals surface area contributed by atoms with Crippen molar-refractivity contribution in [3.05, 3.63) is 35.4 Å². The molecule has 0 aliphatic rings. The number of carbonyl (C=O) groups is 2. The topological polar surface area (TPSA) is 83.6 Å². The average Bonchev–Trinajstić information content (AvgIpc) is 2.42. The van der Waals surface area contributed by atoms with E-state index in [0.717, 1.165) is 12.8 Å². The average molecular weight is 264 g/mol. The highest BCUT2D eigenvalue weighted by molar-refractivity contribution is 5.97. The molecule has 0 heterocycles. The third-order valence-electron chi connectivity index (χ3n) is 2.86. The van der Waals surface area contributed by atoms with E-state index >= 15 is 0 Å². The minimum absolute atomic E-state index is 0.0607. The number of hydrogen-bond acceptors (Lipinski definition) is 3. The van der Waals surface area contributed by atoms with Gasteiger partial charge in [0.25, 0.3) is 5.91 Å². The molecule has 0 bridgehead atoms. The molecule has 3 N–H and O–H groups in total. The predicted octanol–water partition coefficient (Wildman–Crippen LogP) is 1.02. The molecule has 2 amide bonds. The van der Waals surface area contributed by atoms with Crippen molar-refractivity contribution in [2.45, 2.75) is 19.8 Å². The number of amides is 2. The number of rotatable bonds is 7. The number of benzene rings is 1. The maximum atomic E-state index is 12.2. The monoisotopic (exact) mass is 264 g/mol. The van der Waals surface area contributed by atoms with Crippen LogP contribution in [0.5, 0.6) is 0 Å². The number of nitrogens with zero attached hydrogens (tertiary/aromatic N) is 1. The summed E-state index contributed by atoms with van der Waals surface area (Å²) in [6.45, 7) is 2.92. The lowest BCUT2D eigenvalue weighted by Crippen LogP contribution is -2.34. The molecule has 5 nitrogen and oxygen atoms in total. The quantitative estimate of drug-likeness (QED) is 0.771. The maximum Gasteiger partial charge on any atom is 0.253 e. The molecular formula is C14H20N2O3. The zero-order chi connectivity index (χ0) is 14.3. The molecule has 1 rings (SSSR count). The van der Waals surface area contributed by atoms with Crippen molar-refractivity contribution >= 4 is 11.8 Å². The summed E-state index contributed by atoms with van der Waals surface area (Å²) in [5.41, 5.74) is 6.01. The van der Waals surface area contributed by atoms with E-state index in [-0.39, 0.29) is 12.5 Å². The molecule has 1 aromatic carbocycles. The first kappa shape index (κ1) is 15.2. The van der Waals surface area contributed by atoms with E-state index in [1.54, 1.807) is 17.0 Å². The number of aliphatic hydroxyl groups excluding tert-OH is 1. The molecule has 0 atom stereocenters. The Morgan fingerprint density at radius 3 is 2.21 bits per heavy atom.